The van der Waals surface area contributed by atoms with Gasteiger partial charge in [-0.05, 0) is 57.9 Å². The van der Waals surface area contributed by atoms with Gasteiger partial charge in [0.1, 0.15) is 11.9 Å². The lowest BCUT2D eigenvalue weighted by Gasteiger charge is -2.35. The highest BCUT2D eigenvalue weighted by Gasteiger charge is 2.40. The number of ketones is 1. The van der Waals surface area contributed by atoms with Gasteiger partial charge in [0, 0.05) is 29.0 Å². The van der Waals surface area contributed by atoms with Crippen molar-refractivity contribution in [2.75, 3.05) is 6.61 Å². The number of unbranched alkanes of at least 4 members (excludes halogenated alkanes) is 1. The monoisotopic (exact) mass is 437 g/mol. The lowest BCUT2D eigenvalue weighted by Crippen LogP contribution is -2.35. The number of ether oxygens (including phenoxy) is 2. The van der Waals surface area contributed by atoms with Crippen LogP contribution < -0.4 is 10.1 Å². The number of hydrogen-bond donors (Lipinski definition) is 1. The molecule has 1 heterocycles. The predicted molar refractivity (Wildman–Crippen MR) is 124 cm³/mol. The molecule has 0 amide bonds. The predicted octanol–water partition coefficient (Wildman–Crippen LogP) is 5.71. The van der Waals surface area contributed by atoms with E-state index in [1.54, 1.807) is 0 Å². The molecule has 0 bridgehead atoms. The van der Waals surface area contributed by atoms with Crippen LogP contribution in [0, 0.1) is 0 Å². The average Bonchev–Trinajstić information content (AvgIpc) is 2.79. The third-order valence-electron chi connectivity index (χ3n) is 6.81. The molecule has 0 spiro atoms. The standard InChI is InChI=1S/C27H35NO4/c1-3-4-17-31-23-16-9-8-13-20(23)25-24(27(30)32-19-11-6-5-7-12-19)18(2)28-21-14-10-15-22(29)26(21)25/h8-9,13,16,19,25,28H,3-7,10-12,14-15,17H2,1-2H3. The number of allylic oxidation sites excluding steroid dienone is 3. The van der Waals surface area contributed by atoms with Gasteiger partial charge in [-0.2, -0.15) is 0 Å². The van der Waals surface area contributed by atoms with E-state index in [2.05, 4.69) is 12.2 Å². The second kappa shape index (κ2) is 10.4. The number of carbonyl (C=O) groups is 2. The van der Waals surface area contributed by atoms with Gasteiger partial charge < -0.3 is 14.8 Å². The first kappa shape index (κ1) is 22.6. The molecule has 5 nitrogen and oxygen atoms in total. The molecule has 1 saturated carbocycles. The molecule has 172 valence electrons. The zero-order valence-corrected chi connectivity index (χ0v) is 19.4. The molecule has 1 aliphatic heterocycles. The van der Waals surface area contributed by atoms with Gasteiger partial charge >= 0.3 is 5.97 Å². The van der Waals surface area contributed by atoms with E-state index in [4.69, 9.17) is 9.47 Å². The summed E-state index contributed by atoms with van der Waals surface area (Å²) in [7, 11) is 0. The van der Waals surface area contributed by atoms with Crippen LogP contribution in [0.2, 0.25) is 0 Å². The van der Waals surface area contributed by atoms with Crippen molar-refractivity contribution < 1.29 is 19.1 Å². The first-order valence-corrected chi connectivity index (χ1v) is 12.3. The molecule has 2 aliphatic carbocycles. The molecular weight excluding hydrogens is 402 g/mol. The Morgan fingerprint density at radius 3 is 2.66 bits per heavy atom. The Labute approximate surface area is 191 Å². The number of rotatable bonds is 7. The number of esters is 1. The fourth-order valence-corrected chi connectivity index (χ4v) is 5.14. The minimum atomic E-state index is -0.451. The van der Waals surface area contributed by atoms with E-state index in [0.29, 0.717) is 24.2 Å². The Morgan fingerprint density at radius 1 is 1.09 bits per heavy atom. The summed E-state index contributed by atoms with van der Waals surface area (Å²) in [5.41, 5.74) is 3.87. The molecular formula is C27H35NO4. The number of Topliss-reactive ketones (excluding diaryl/α,β-unsaturated/α-hetero) is 1. The highest BCUT2D eigenvalue weighted by molar-refractivity contribution is 6.04. The van der Waals surface area contributed by atoms with Crippen molar-refractivity contribution in [2.45, 2.75) is 90.1 Å². The van der Waals surface area contributed by atoms with Crippen LogP contribution >= 0.6 is 0 Å². The molecule has 1 aromatic carbocycles. The first-order valence-electron chi connectivity index (χ1n) is 12.3. The van der Waals surface area contributed by atoms with E-state index in [1.165, 1.54) is 6.42 Å². The van der Waals surface area contributed by atoms with Crippen molar-refractivity contribution in [1.82, 2.24) is 5.32 Å². The smallest absolute Gasteiger partial charge is 0.337 e. The molecule has 1 N–H and O–H groups in total. The first-order chi connectivity index (χ1) is 15.6. The summed E-state index contributed by atoms with van der Waals surface area (Å²) in [5.74, 6) is 0.101. The Morgan fingerprint density at radius 2 is 1.88 bits per heavy atom. The van der Waals surface area contributed by atoms with Gasteiger partial charge in [0.2, 0.25) is 0 Å². The normalized spacial score (nSPS) is 21.8. The van der Waals surface area contributed by atoms with Crippen LogP contribution in [0.3, 0.4) is 0 Å². The Balaban J connectivity index is 1.73. The Bertz CT molecular complexity index is 923. The van der Waals surface area contributed by atoms with Crippen molar-refractivity contribution in [2.24, 2.45) is 0 Å². The van der Waals surface area contributed by atoms with Crippen LogP contribution in [0.5, 0.6) is 5.75 Å². The maximum Gasteiger partial charge on any atom is 0.337 e. The zero-order valence-electron chi connectivity index (χ0n) is 19.4. The maximum absolute atomic E-state index is 13.5. The number of para-hydroxylation sites is 1. The molecule has 32 heavy (non-hydrogen) atoms. The lowest BCUT2D eigenvalue weighted by atomic mass is 9.75. The van der Waals surface area contributed by atoms with E-state index >= 15 is 0 Å². The fourth-order valence-electron chi connectivity index (χ4n) is 5.14. The number of hydrogen-bond acceptors (Lipinski definition) is 5. The Kier molecular flexibility index (Phi) is 7.33. The van der Waals surface area contributed by atoms with Crippen molar-refractivity contribution in [3.8, 4) is 5.75 Å². The number of carbonyl (C=O) groups excluding carboxylic acids is 2. The van der Waals surface area contributed by atoms with Gasteiger partial charge in [-0.1, -0.05) is 38.0 Å². The molecule has 0 saturated heterocycles. The van der Waals surface area contributed by atoms with Gasteiger partial charge in [-0.25, -0.2) is 4.79 Å². The molecule has 1 fully saturated rings. The zero-order chi connectivity index (χ0) is 22.5. The minimum Gasteiger partial charge on any atom is -0.493 e. The van der Waals surface area contributed by atoms with Crippen molar-refractivity contribution in [1.29, 1.82) is 0 Å². The van der Waals surface area contributed by atoms with Gasteiger partial charge in [-0.15, -0.1) is 0 Å². The number of dihydropyridines is 1. The summed E-state index contributed by atoms with van der Waals surface area (Å²) >= 11 is 0. The summed E-state index contributed by atoms with van der Waals surface area (Å²) in [5, 5.41) is 3.39. The molecule has 4 rings (SSSR count). The summed E-state index contributed by atoms with van der Waals surface area (Å²) in [4.78, 5) is 26.7. The van der Waals surface area contributed by atoms with Gasteiger partial charge in [0.15, 0.2) is 5.78 Å². The van der Waals surface area contributed by atoms with Crippen LogP contribution in [0.15, 0.2) is 46.8 Å². The highest BCUT2D eigenvalue weighted by Crippen LogP contribution is 2.45. The van der Waals surface area contributed by atoms with E-state index in [9.17, 15) is 9.59 Å². The van der Waals surface area contributed by atoms with Gasteiger partial charge in [0.25, 0.3) is 0 Å². The summed E-state index contributed by atoms with van der Waals surface area (Å²) < 4.78 is 12.1. The highest BCUT2D eigenvalue weighted by atomic mass is 16.5. The summed E-state index contributed by atoms with van der Waals surface area (Å²) in [6.07, 6.45) is 9.36. The lowest BCUT2D eigenvalue weighted by molar-refractivity contribution is -0.146. The van der Waals surface area contributed by atoms with Crippen molar-refractivity contribution in [3.63, 3.8) is 0 Å². The molecule has 3 aliphatic rings. The van der Waals surface area contributed by atoms with Crippen molar-refractivity contribution in [3.05, 3.63) is 52.4 Å². The van der Waals surface area contributed by atoms with Crippen molar-refractivity contribution >= 4 is 11.8 Å². The fraction of sp³-hybridized carbons (Fsp3) is 0.556. The summed E-state index contributed by atoms with van der Waals surface area (Å²) in [6, 6.07) is 7.84. The molecule has 1 unspecified atom stereocenters. The molecule has 0 aromatic heterocycles. The van der Waals surface area contributed by atoms with E-state index in [0.717, 1.165) is 74.1 Å². The van der Waals surface area contributed by atoms with E-state index in [1.807, 2.05) is 31.2 Å². The van der Waals surface area contributed by atoms with Crippen LogP contribution in [0.25, 0.3) is 0 Å². The number of nitrogens with one attached hydrogen (secondary N) is 1. The second-order valence-electron chi connectivity index (χ2n) is 9.17. The third kappa shape index (κ3) is 4.77. The summed E-state index contributed by atoms with van der Waals surface area (Å²) in [6.45, 7) is 4.67. The molecule has 1 aromatic rings. The SMILES string of the molecule is CCCCOc1ccccc1C1C(C(=O)OC2CCCCC2)=C(C)NC2=C1C(=O)CCC2. The van der Waals surface area contributed by atoms with Crippen LogP contribution in [-0.4, -0.2) is 24.5 Å². The molecule has 0 radical (unpaired) electrons. The quantitative estimate of drug-likeness (QED) is 0.437. The minimum absolute atomic E-state index is 0.0364. The van der Waals surface area contributed by atoms with Gasteiger partial charge in [-0.3, -0.25) is 4.79 Å². The second-order valence-corrected chi connectivity index (χ2v) is 9.17. The van der Waals surface area contributed by atoms with E-state index in [-0.39, 0.29) is 17.9 Å². The topological polar surface area (TPSA) is 64.6 Å². The van der Waals surface area contributed by atoms with Crippen LogP contribution in [-0.2, 0) is 14.3 Å². The van der Waals surface area contributed by atoms with E-state index < -0.39 is 5.92 Å². The third-order valence-corrected chi connectivity index (χ3v) is 6.81. The van der Waals surface area contributed by atoms with Crippen LogP contribution in [0.1, 0.15) is 89.5 Å². The average molecular weight is 438 g/mol. The van der Waals surface area contributed by atoms with Crippen LogP contribution in [0.4, 0.5) is 0 Å². The Hall–Kier alpha value is -2.56. The number of benzene rings is 1. The van der Waals surface area contributed by atoms with Gasteiger partial charge in [0.05, 0.1) is 18.1 Å². The molecule has 5 heteroatoms. The largest absolute Gasteiger partial charge is 0.493 e. The molecule has 1 atom stereocenters. The maximum atomic E-state index is 13.5.